The van der Waals surface area contributed by atoms with E-state index < -0.39 is 5.97 Å². The minimum absolute atomic E-state index is 0.0607. The molecule has 0 aromatic carbocycles. The van der Waals surface area contributed by atoms with Crippen molar-refractivity contribution in [3.63, 3.8) is 0 Å². The minimum atomic E-state index is -0.820. The number of hydrogen-bond acceptors (Lipinski definition) is 4. The third-order valence-corrected chi connectivity index (χ3v) is 3.92. The zero-order chi connectivity index (χ0) is 13.2. The molecular weight excluding hydrogens is 232 g/mol. The molecular formula is C12H20N4O2. The molecule has 6 heteroatoms. The second-order valence-corrected chi connectivity index (χ2v) is 5.69. The van der Waals surface area contributed by atoms with Gasteiger partial charge in [-0.25, -0.2) is 4.68 Å². The van der Waals surface area contributed by atoms with Crippen molar-refractivity contribution >= 4 is 5.97 Å². The molecule has 1 aromatic heterocycles. The standard InChI is InChI=1S/C12H20N4O2/c1-12(2)7-4-3-5-9(12)11-13-14-15-16(11)8-6-10(17)18/h9H,3-8H2,1-2H3,(H,17,18). The van der Waals surface area contributed by atoms with Crippen LogP contribution in [0.15, 0.2) is 0 Å². The number of carboxylic acids is 1. The van der Waals surface area contributed by atoms with Crippen molar-refractivity contribution in [2.45, 2.75) is 58.4 Å². The zero-order valence-electron chi connectivity index (χ0n) is 11.0. The average Bonchev–Trinajstić information content (AvgIpc) is 2.73. The number of rotatable bonds is 4. The van der Waals surface area contributed by atoms with Gasteiger partial charge in [0.05, 0.1) is 13.0 Å². The second-order valence-electron chi connectivity index (χ2n) is 5.69. The van der Waals surface area contributed by atoms with E-state index in [4.69, 9.17) is 5.11 Å². The fraction of sp³-hybridized carbons (Fsp3) is 0.833. The van der Waals surface area contributed by atoms with Gasteiger partial charge in [-0.2, -0.15) is 0 Å². The lowest BCUT2D eigenvalue weighted by atomic mass is 9.68. The Kier molecular flexibility index (Phi) is 3.63. The summed E-state index contributed by atoms with van der Waals surface area (Å²) in [5.74, 6) is 0.357. The summed E-state index contributed by atoms with van der Waals surface area (Å²) >= 11 is 0. The largest absolute Gasteiger partial charge is 0.481 e. The normalized spacial score (nSPS) is 22.9. The summed E-state index contributed by atoms with van der Waals surface area (Å²) in [4.78, 5) is 10.6. The van der Waals surface area contributed by atoms with Gasteiger partial charge < -0.3 is 5.11 Å². The maximum atomic E-state index is 10.6. The number of nitrogens with zero attached hydrogens (tertiary/aromatic N) is 4. The molecule has 100 valence electrons. The van der Waals surface area contributed by atoms with E-state index in [1.165, 1.54) is 19.3 Å². The molecule has 6 nitrogen and oxygen atoms in total. The first kappa shape index (κ1) is 13.0. The van der Waals surface area contributed by atoms with Crippen LogP contribution >= 0.6 is 0 Å². The number of aromatic nitrogens is 4. The van der Waals surface area contributed by atoms with Gasteiger partial charge in [0.2, 0.25) is 0 Å². The smallest absolute Gasteiger partial charge is 0.305 e. The SMILES string of the molecule is CC1(C)CCCCC1c1nnnn1CCC(=O)O. The Bertz CT molecular complexity index is 427. The van der Waals surface area contributed by atoms with Crippen LogP contribution in [0.25, 0.3) is 0 Å². The van der Waals surface area contributed by atoms with Crippen LogP contribution in [0, 0.1) is 5.41 Å². The molecule has 0 radical (unpaired) electrons. The fourth-order valence-corrected chi connectivity index (χ4v) is 2.79. The van der Waals surface area contributed by atoms with Crippen LogP contribution in [0.3, 0.4) is 0 Å². The minimum Gasteiger partial charge on any atom is -0.481 e. The summed E-state index contributed by atoms with van der Waals surface area (Å²) in [5.41, 5.74) is 0.188. The number of carboxylic acid groups (broad SMARTS) is 1. The molecule has 1 aliphatic carbocycles. The summed E-state index contributed by atoms with van der Waals surface area (Å²) in [6, 6.07) is 0. The van der Waals surface area contributed by atoms with Crippen LogP contribution in [-0.4, -0.2) is 31.3 Å². The highest BCUT2D eigenvalue weighted by Crippen LogP contribution is 2.45. The first-order valence-electron chi connectivity index (χ1n) is 6.48. The van der Waals surface area contributed by atoms with Crippen molar-refractivity contribution in [1.29, 1.82) is 0 Å². The van der Waals surface area contributed by atoms with Crippen LogP contribution in [-0.2, 0) is 11.3 Å². The molecule has 1 N–H and O–H groups in total. The van der Waals surface area contributed by atoms with Crippen LogP contribution in [0.2, 0.25) is 0 Å². The molecule has 0 saturated heterocycles. The number of aliphatic carboxylic acids is 1. The topological polar surface area (TPSA) is 80.9 Å². The summed E-state index contributed by atoms with van der Waals surface area (Å²) in [6.45, 7) is 4.84. The lowest BCUT2D eigenvalue weighted by Crippen LogP contribution is -2.29. The highest BCUT2D eigenvalue weighted by molar-refractivity contribution is 5.66. The molecule has 1 fully saturated rings. The van der Waals surface area contributed by atoms with Gasteiger partial charge in [0.25, 0.3) is 0 Å². The Hall–Kier alpha value is -1.46. The first-order valence-corrected chi connectivity index (χ1v) is 6.48. The third-order valence-electron chi connectivity index (χ3n) is 3.92. The Morgan fingerprint density at radius 3 is 2.94 bits per heavy atom. The molecule has 1 unspecified atom stereocenters. The van der Waals surface area contributed by atoms with Crippen molar-refractivity contribution < 1.29 is 9.90 Å². The summed E-state index contributed by atoms with van der Waals surface area (Å²) in [6.07, 6.45) is 4.76. The van der Waals surface area contributed by atoms with Crippen molar-refractivity contribution in [3.8, 4) is 0 Å². The predicted octanol–water partition coefficient (Wildman–Crippen LogP) is 1.83. The van der Waals surface area contributed by atoms with Gasteiger partial charge in [-0.3, -0.25) is 4.79 Å². The van der Waals surface area contributed by atoms with Gasteiger partial charge in [-0.05, 0) is 28.7 Å². The van der Waals surface area contributed by atoms with Gasteiger partial charge in [-0.15, -0.1) is 5.10 Å². The summed E-state index contributed by atoms with van der Waals surface area (Å²) < 4.78 is 1.66. The molecule has 0 amide bonds. The van der Waals surface area contributed by atoms with E-state index in [1.54, 1.807) is 4.68 Å². The summed E-state index contributed by atoms with van der Waals surface area (Å²) in [7, 11) is 0. The molecule has 1 aliphatic rings. The molecule has 0 spiro atoms. The van der Waals surface area contributed by atoms with Gasteiger partial charge in [0, 0.05) is 5.92 Å². The number of hydrogen-bond donors (Lipinski definition) is 1. The average molecular weight is 252 g/mol. The number of tetrazole rings is 1. The lowest BCUT2D eigenvalue weighted by molar-refractivity contribution is -0.137. The van der Waals surface area contributed by atoms with Crippen LogP contribution in [0.4, 0.5) is 0 Å². The molecule has 1 aromatic rings. The highest BCUT2D eigenvalue weighted by atomic mass is 16.4. The van der Waals surface area contributed by atoms with Crippen LogP contribution in [0.1, 0.15) is 57.7 Å². The van der Waals surface area contributed by atoms with Gasteiger partial charge >= 0.3 is 5.97 Å². The maximum absolute atomic E-state index is 10.6. The second kappa shape index (κ2) is 5.04. The van der Waals surface area contributed by atoms with E-state index in [2.05, 4.69) is 29.4 Å². The van der Waals surface area contributed by atoms with E-state index in [-0.39, 0.29) is 11.8 Å². The first-order chi connectivity index (χ1) is 8.50. The number of aryl methyl sites for hydroxylation is 1. The van der Waals surface area contributed by atoms with Crippen molar-refractivity contribution in [2.24, 2.45) is 5.41 Å². The number of carbonyl (C=O) groups is 1. The van der Waals surface area contributed by atoms with E-state index in [1.807, 2.05) is 0 Å². The maximum Gasteiger partial charge on any atom is 0.305 e. The lowest BCUT2D eigenvalue weighted by Gasteiger charge is -2.37. The Labute approximate surface area is 106 Å². The van der Waals surface area contributed by atoms with E-state index >= 15 is 0 Å². The Morgan fingerprint density at radius 2 is 2.28 bits per heavy atom. The van der Waals surface area contributed by atoms with Gasteiger partial charge in [0.15, 0.2) is 5.82 Å². The highest BCUT2D eigenvalue weighted by Gasteiger charge is 2.36. The Morgan fingerprint density at radius 1 is 1.50 bits per heavy atom. The van der Waals surface area contributed by atoms with Crippen LogP contribution < -0.4 is 0 Å². The molecule has 18 heavy (non-hydrogen) atoms. The van der Waals surface area contributed by atoms with Crippen molar-refractivity contribution in [2.75, 3.05) is 0 Å². The quantitative estimate of drug-likeness (QED) is 0.884. The Balaban J connectivity index is 2.17. The molecule has 0 aliphatic heterocycles. The van der Waals surface area contributed by atoms with E-state index in [0.29, 0.717) is 12.5 Å². The molecule has 2 rings (SSSR count). The van der Waals surface area contributed by atoms with Crippen LogP contribution in [0.5, 0.6) is 0 Å². The zero-order valence-corrected chi connectivity index (χ0v) is 11.0. The van der Waals surface area contributed by atoms with Crippen molar-refractivity contribution in [3.05, 3.63) is 5.82 Å². The fourth-order valence-electron chi connectivity index (χ4n) is 2.79. The predicted molar refractivity (Wildman–Crippen MR) is 65.1 cm³/mol. The molecule has 0 bridgehead atoms. The van der Waals surface area contributed by atoms with Gasteiger partial charge in [-0.1, -0.05) is 26.7 Å². The van der Waals surface area contributed by atoms with Gasteiger partial charge in [0.1, 0.15) is 0 Å². The molecule has 1 atom stereocenters. The third kappa shape index (κ3) is 2.68. The molecule has 1 saturated carbocycles. The van der Waals surface area contributed by atoms with E-state index in [0.717, 1.165) is 12.2 Å². The monoisotopic (exact) mass is 252 g/mol. The van der Waals surface area contributed by atoms with E-state index in [9.17, 15) is 4.79 Å². The summed E-state index contributed by atoms with van der Waals surface area (Å²) in [5, 5.41) is 20.5. The van der Waals surface area contributed by atoms with Crippen molar-refractivity contribution in [1.82, 2.24) is 20.2 Å². The molecule has 1 heterocycles.